The van der Waals surface area contributed by atoms with E-state index in [9.17, 15) is 0 Å². The molecule has 0 aliphatic carbocycles. The average Bonchev–Trinajstić information content (AvgIpc) is 3.39. The molecule has 0 radical (unpaired) electrons. The van der Waals surface area contributed by atoms with Gasteiger partial charge in [-0.05, 0) is 35.4 Å². The van der Waals surface area contributed by atoms with E-state index in [1.165, 1.54) is 0 Å². The molecular weight excluding hydrogens is 348 g/mol. The van der Waals surface area contributed by atoms with E-state index in [2.05, 4.69) is 22.3 Å². The van der Waals surface area contributed by atoms with Gasteiger partial charge in [-0.3, -0.25) is 9.36 Å². The first kappa shape index (κ1) is 17.3. The van der Waals surface area contributed by atoms with Gasteiger partial charge in [-0.25, -0.2) is 0 Å². The second-order valence-corrected chi connectivity index (χ2v) is 6.47. The first-order valence-corrected chi connectivity index (χ1v) is 8.77. The fourth-order valence-electron chi connectivity index (χ4n) is 2.94. The lowest BCUT2D eigenvalue weighted by atomic mass is 10.1. The summed E-state index contributed by atoms with van der Waals surface area (Å²) in [6.45, 7) is 1.29. The van der Waals surface area contributed by atoms with Crippen LogP contribution in [0.5, 0.6) is 0 Å². The third-order valence-electron chi connectivity index (χ3n) is 4.46. The summed E-state index contributed by atoms with van der Waals surface area (Å²) in [7, 11) is 0. The van der Waals surface area contributed by atoms with Crippen LogP contribution < -0.4 is 0 Å². The molecule has 28 heavy (non-hydrogen) atoms. The highest BCUT2D eigenvalue weighted by Gasteiger charge is 2.06. The van der Waals surface area contributed by atoms with Crippen molar-refractivity contribution in [3.8, 4) is 23.3 Å². The molecule has 0 bridgehead atoms. The van der Waals surface area contributed by atoms with E-state index in [0.717, 1.165) is 22.3 Å². The Morgan fingerprint density at radius 2 is 1.04 bits per heavy atom. The molecule has 2 aromatic heterocycles. The van der Waals surface area contributed by atoms with Crippen LogP contribution in [-0.4, -0.2) is 19.6 Å². The number of benzene rings is 2. The molecule has 0 amide bonds. The van der Waals surface area contributed by atoms with Crippen molar-refractivity contribution in [1.29, 1.82) is 10.5 Å². The minimum Gasteiger partial charge on any atom is -0.268 e. The predicted octanol–water partition coefficient (Wildman–Crippen LogP) is 3.59. The van der Waals surface area contributed by atoms with E-state index in [1.54, 1.807) is 0 Å². The van der Waals surface area contributed by atoms with Gasteiger partial charge in [0.25, 0.3) is 0 Å². The molecule has 0 aliphatic heterocycles. The summed E-state index contributed by atoms with van der Waals surface area (Å²) < 4.78 is 3.74. The smallest absolute Gasteiger partial charge is 0.0991 e. The van der Waals surface area contributed by atoms with Crippen molar-refractivity contribution in [3.05, 3.63) is 95.6 Å². The molecule has 6 heteroatoms. The molecule has 2 heterocycles. The molecule has 0 spiro atoms. The van der Waals surface area contributed by atoms with Crippen LogP contribution in [0.25, 0.3) is 11.1 Å². The summed E-state index contributed by atoms with van der Waals surface area (Å²) in [6.07, 6.45) is 7.63. The Hall–Kier alpha value is -4.16. The Balaban J connectivity index is 1.45. The summed E-state index contributed by atoms with van der Waals surface area (Å²) >= 11 is 0. The van der Waals surface area contributed by atoms with E-state index in [0.29, 0.717) is 24.2 Å². The molecule has 6 nitrogen and oxygen atoms in total. The van der Waals surface area contributed by atoms with Crippen molar-refractivity contribution in [3.63, 3.8) is 0 Å². The molecule has 134 valence electrons. The van der Waals surface area contributed by atoms with Gasteiger partial charge in [-0.15, -0.1) is 0 Å². The number of rotatable bonds is 5. The Labute approximate surface area is 162 Å². The van der Waals surface area contributed by atoms with Crippen molar-refractivity contribution >= 4 is 0 Å². The molecule has 0 saturated carbocycles. The first-order chi connectivity index (χ1) is 13.7. The van der Waals surface area contributed by atoms with E-state index in [4.69, 9.17) is 10.5 Å². The molecule has 0 saturated heterocycles. The Bertz CT molecular complexity index is 1070. The van der Waals surface area contributed by atoms with E-state index in [-0.39, 0.29) is 0 Å². The highest BCUT2D eigenvalue weighted by atomic mass is 15.3. The van der Waals surface area contributed by atoms with E-state index < -0.39 is 0 Å². The summed E-state index contributed by atoms with van der Waals surface area (Å²) in [4.78, 5) is 0. The molecule has 0 N–H and O–H groups in total. The van der Waals surface area contributed by atoms with E-state index in [1.807, 2.05) is 82.7 Å². The number of hydrogen-bond acceptors (Lipinski definition) is 4. The van der Waals surface area contributed by atoms with Crippen LogP contribution in [0.1, 0.15) is 22.3 Å². The third kappa shape index (κ3) is 3.82. The minimum absolute atomic E-state index is 0.644. The maximum absolute atomic E-state index is 8.88. The zero-order valence-corrected chi connectivity index (χ0v) is 15.0. The van der Waals surface area contributed by atoms with Crippen molar-refractivity contribution in [2.75, 3.05) is 0 Å². The van der Waals surface area contributed by atoms with Crippen molar-refractivity contribution in [1.82, 2.24) is 19.6 Å². The maximum Gasteiger partial charge on any atom is 0.0991 e. The summed E-state index contributed by atoms with van der Waals surface area (Å²) in [5.41, 5.74) is 5.48. The SMILES string of the molecule is N#Cc1ccc(Cn2cc(-c3cnn(Cc4ccc(C#N)cc4)c3)cn2)cc1. The predicted molar refractivity (Wildman–Crippen MR) is 104 cm³/mol. The monoisotopic (exact) mass is 364 g/mol. The standard InChI is InChI=1S/C22H16N6/c23-9-17-1-5-19(6-2-17)13-27-15-21(11-25-27)22-12-26-28(16-22)14-20-7-3-18(10-24)4-8-20/h1-8,11-12,15-16H,13-14H2. The van der Waals surface area contributed by atoms with Crippen LogP contribution in [0.3, 0.4) is 0 Å². The van der Waals surface area contributed by atoms with Crippen molar-refractivity contribution in [2.24, 2.45) is 0 Å². The van der Waals surface area contributed by atoms with Gasteiger partial charge in [0.2, 0.25) is 0 Å². The second kappa shape index (κ2) is 7.61. The molecule has 0 atom stereocenters. The highest BCUT2D eigenvalue weighted by molar-refractivity contribution is 5.59. The molecule has 4 rings (SSSR count). The summed E-state index contributed by atoms with van der Waals surface area (Å²) in [5.74, 6) is 0. The van der Waals surface area contributed by atoms with Crippen LogP contribution in [-0.2, 0) is 13.1 Å². The summed E-state index contributed by atoms with van der Waals surface area (Å²) in [5, 5.41) is 26.6. The highest BCUT2D eigenvalue weighted by Crippen LogP contribution is 2.19. The topological polar surface area (TPSA) is 83.2 Å². The van der Waals surface area contributed by atoms with Gasteiger partial charge in [0.15, 0.2) is 0 Å². The van der Waals surface area contributed by atoms with Gasteiger partial charge in [0.05, 0.1) is 48.7 Å². The number of nitrogens with zero attached hydrogens (tertiary/aromatic N) is 6. The number of hydrogen-bond donors (Lipinski definition) is 0. The quantitative estimate of drug-likeness (QED) is 0.542. The van der Waals surface area contributed by atoms with E-state index >= 15 is 0 Å². The van der Waals surface area contributed by atoms with Crippen LogP contribution in [0, 0.1) is 22.7 Å². The fourth-order valence-corrected chi connectivity index (χ4v) is 2.94. The third-order valence-corrected chi connectivity index (χ3v) is 4.46. The fraction of sp³-hybridized carbons (Fsp3) is 0.0909. The van der Waals surface area contributed by atoms with Crippen LogP contribution in [0.4, 0.5) is 0 Å². The zero-order valence-electron chi connectivity index (χ0n) is 15.0. The van der Waals surface area contributed by atoms with Gasteiger partial charge in [-0.2, -0.15) is 20.7 Å². The summed E-state index contributed by atoms with van der Waals surface area (Å²) in [6, 6.07) is 19.3. The molecule has 4 aromatic rings. The van der Waals surface area contributed by atoms with Gasteiger partial charge in [0.1, 0.15) is 0 Å². The normalized spacial score (nSPS) is 10.4. The molecular formula is C22H16N6. The van der Waals surface area contributed by atoms with Crippen LogP contribution >= 0.6 is 0 Å². The molecule has 0 unspecified atom stereocenters. The molecule has 0 aliphatic rings. The Kier molecular flexibility index (Phi) is 4.69. The number of nitriles is 2. The average molecular weight is 364 g/mol. The first-order valence-electron chi connectivity index (χ1n) is 8.77. The Morgan fingerprint density at radius 3 is 1.39 bits per heavy atom. The largest absolute Gasteiger partial charge is 0.268 e. The Morgan fingerprint density at radius 1 is 0.643 bits per heavy atom. The second-order valence-electron chi connectivity index (χ2n) is 6.47. The number of aromatic nitrogens is 4. The lowest BCUT2D eigenvalue weighted by molar-refractivity contribution is 0.686. The van der Waals surface area contributed by atoms with Gasteiger partial charge in [0, 0.05) is 23.5 Å². The van der Waals surface area contributed by atoms with Crippen LogP contribution in [0.15, 0.2) is 73.3 Å². The lowest BCUT2D eigenvalue weighted by Gasteiger charge is -2.02. The lowest BCUT2D eigenvalue weighted by Crippen LogP contribution is -1.99. The molecule has 2 aromatic carbocycles. The zero-order chi connectivity index (χ0) is 19.3. The molecule has 0 fully saturated rings. The van der Waals surface area contributed by atoms with Gasteiger partial charge >= 0.3 is 0 Å². The minimum atomic E-state index is 0.644. The van der Waals surface area contributed by atoms with Crippen molar-refractivity contribution < 1.29 is 0 Å². The van der Waals surface area contributed by atoms with Gasteiger partial charge < -0.3 is 0 Å². The van der Waals surface area contributed by atoms with Crippen molar-refractivity contribution in [2.45, 2.75) is 13.1 Å². The maximum atomic E-state index is 8.88. The van der Waals surface area contributed by atoms with Crippen LogP contribution in [0.2, 0.25) is 0 Å². The van der Waals surface area contributed by atoms with Gasteiger partial charge in [-0.1, -0.05) is 24.3 Å².